The second kappa shape index (κ2) is 7.89. The summed E-state index contributed by atoms with van der Waals surface area (Å²) in [5.41, 5.74) is 2.21. The van der Waals surface area contributed by atoms with E-state index in [1.165, 1.54) is 37.0 Å². The van der Waals surface area contributed by atoms with Crippen LogP contribution in [-0.2, 0) is 22.4 Å². The molecule has 0 fully saturated rings. The van der Waals surface area contributed by atoms with Crippen molar-refractivity contribution in [2.45, 2.75) is 25.4 Å². The smallest absolute Gasteiger partial charge is 0.407 e. The van der Waals surface area contributed by atoms with Crippen LogP contribution < -0.4 is 10.6 Å². The lowest BCUT2D eigenvalue weighted by atomic mass is 9.94. The number of furan rings is 1. The van der Waals surface area contributed by atoms with Crippen molar-refractivity contribution in [3.05, 3.63) is 46.2 Å². The maximum Gasteiger partial charge on any atom is 0.407 e. The Morgan fingerprint density at radius 1 is 1.50 bits per heavy atom. The third-order valence-electron chi connectivity index (χ3n) is 4.02. The van der Waals surface area contributed by atoms with E-state index >= 15 is 0 Å². The molecule has 1 atom stereocenters. The number of nitrogens with zero attached hydrogens (tertiary/aromatic N) is 1. The van der Waals surface area contributed by atoms with E-state index in [-0.39, 0.29) is 12.0 Å². The molecule has 2 aromatic heterocycles. The van der Waals surface area contributed by atoms with Gasteiger partial charge in [0.1, 0.15) is 17.2 Å². The van der Waals surface area contributed by atoms with Crippen molar-refractivity contribution in [2.24, 2.45) is 0 Å². The van der Waals surface area contributed by atoms with Crippen molar-refractivity contribution in [2.75, 3.05) is 12.4 Å². The van der Waals surface area contributed by atoms with Crippen LogP contribution in [0.2, 0.25) is 0 Å². The zero-order chi connectivity index (χ0) is 18.5. The van der Waals surface area contributed by atoms with Crippen molar-refractivity contribution in [1.82, 2.24) is 5.32 Å². The van der Waals surface area contributed by atoms with Crippen LogP contribution in [0.25, 0.3) is 6.08 Å². The average molecular weight is 371 g/mol. The number of alkyl carbamates (subject to hydrolysis) is 1. The number of nitrogens with one attached hydrogen (secondary N) is 2. The lowest BCUT2D eigenvalue weighted by Crippen LogP contribution is -2.29. The Kier molecular flexibility index (Phi) is 5.39. The minimum atomic E-state index is -0.464. The molecule has 2 aromatic rings. The number of hydrogen-bond acceptors (Lipinski definition) is 6. The summed E-state index contributed by atoms with van der Waals surface area (Å²) in [6.07, 6.45) is 7.22. The third kappa shape index (κ3) is 3.95. The largest absolute Gasteiger partial charge is 0.472 e. The summed E-state index contributed by atoms with van der Waals surface area (Å²) < 4.78 is 10.2. The van der Waals surface area contributed by atoms with Crippen molar-refractivity contribution in [1.29, 1.82) is 5.26 Å². The molecule has 8 heteroatoms. The first kappa shape index (κ1) is 17.8. The van der Waals surface area contributed by atoms with Gasteiger partial charge in [-0.1, -0.05) is 0 Å². The van der Waals surface area contributed by atoms with Crippen LogP contribution in [0.3, 0.4) is 0 Å². The summed E-state index contributed by atoms with van der Waals surface area (Å²) in [5, 5.41) is 15.2. The summed E-state index contributed by atoms with van der Waals surface area (Å²) in [6, 6.07) is 3.92. The second-order valence-corrected chi connectivity index (χ2v) is 6.82. The van der Waals surface area contributed by atoms with Gasteiger partial charge in [-0.15, -0.1) is 11.3 Å². The first-order valence-electron chi connectivity index (χ1n) is 8.05. The Bertz CT molecular complexity index is 877. The summed E-state index contributed by atoms with van der Waals surface area (Å²) >= 11 is 1.36. The van der Waals surface area contributed by atoms with Crippen molar-refractivity contribution in [3.8, 4) is 6.07 Å². The molecule has 1 unspecified atom stereocenters. The number of carbonyl (C=O) groups excluding carboxylic acids is 2. The molecule has 1 aliphatic carbocycles. The highest BCUT2D eigenvalue weighted by Gasteiger charge is 2.28. The number of thiophene rings is 1. The van der Waals surface area contributed by atoms with Gasteiger partial charge >= 0.3 is 6.09 Å². The highest BCUT2D eigenvalue weighted by molar-refractivity contribution is 7.16. The van der Waals surface area contributed by atoms with Crippen LogP contribution in [0.4, 0.5) is 9.80 Å². The van der Waals surface area contributed by atoms with Gasteiger partial charge < -0.3 is 19.8 Å². The number of nitriles is 1. The number of hydrogen-bond donors (Lipinski definition) is 2. The maximum absolute atomic E-state index is 12.1. The van der Waals surface area contributed by atoms with Crippen LogP contribution in [0.15, 0.2) is 29.1 Å². The van der Waals surface area contributed by atoms with Gasteiger partial charge in [0, 0.05) is 30.0 Å². The maximum atomic E-state index is 12.1. The highest BCUT2D eigenvalue weighted by atomic mass is 32.1. The first-order chi connectivity index (χ1) is 12.6. The average Bonchev–Trinajstić information content (AvgIpc) is 3.26. The van der Waals surface area contributed by atoms with Gasteiger partial charge in [-0.3, -0.25) is 4.79 Å². The molecule has 0 bridgehead atoms. The van der Waals surface area contributed by atoms with Crippen LogP contribution in [0.5, 0.6) is 0 Å². The van der Waals surface area contributed by atoms with Gasteiger partial charge in [-0.05, 0) is 30.5 Å². The van der Waals surface area contributed by atoms with E-state index in [4.69, 9.17) is 9.15 Å². The molecule has 7 nitrogen and oxygen atoms in total. The van der Waals surface area contributed by atoms with Gasteiger partial charge in [0.2, 0.25) is 5.91 Å². The van der Waals surface area contributed by atoms with Crippen LogP contribution in [0.1, 0.15) is 28.0 Å². The van der Waals surface area contributed by atoms with Crippen LogP contribution in [0, 0.1) is 11.3 Å². The van der Waals surface area contributed by atoms with Gasteiger partial charge in [0.25, 0.3) is 0 Å². The predicted molar refractivity (Wildman–Crippen MR) is 96.8 cm³/mol. The lowest BCUT2D eigenvalue weighted by Gasteiger charge is -2.22. The SMILES string of the molecule is CNC(=O)OC1CCc2c(sc(NC(=O)C=Cc3ccoc3)c2C#N)C1. The summed E-state index contributed by atoms with van der Waals surface area (Å²) in [6.45, 7) is 0. The molecule has 134 valence electrons. The molecule has 26 heavy (non-hydrogen) atoms. The number of rotatable bonds is 4. The Labute approximate surface area is 154 Å². The minimum Gasteiger partial charge on any atom is -0.472 e. The molecule has 0 saturated heterocycles. The second-order valence-electron chi connectivity index (χ2n) is 5.72. The molecule has 3 rings (SSSR count). The number of ether oxygens (including phenoxy) is 1. The van der Waals surface area contributed by atoms with E-state index in [1.807, 2.05) is 0 Å². The Hall–Kier alpha value is -3.05. The quantitative estimate of drug-likeness (QED) is 0.804. The first-order valence-corrected chi connectivity index (χ1v) is 8.86. The Morgan fingerprint density at radius 3 is 3.04 bits per heavy atom. The van der Waals surface area contributed by atoms with E-state index in [0.717, 1.165) is 16.0 Å². The lowest BCUT2D eigenvalue weighted by molar-refractivity contribution is -0.111. The highest BCUT2D eigenvalue weighted by Crippen LogP contribution is 2.38. The molecule has 2 N–H and O–H groups in total. The fraction of sp³-hybridized carbons (Fsp3) is 0.278. The van der Waals surface area contributed by atoms with E-state index in [2.05, 4.69) is 16.7 Å². The third-order valence-corrected chi connectivity index (χ3v) is 5.19. The number of fused-ring (bicyclic) bond motifs is 1. The van der Waals surface area contributed by atoms with Crippen molar-refractivity contribution < 1.29 is 18.7 Å². The summed E-state index contributed by atoms with van der Waals surface area (Å²) in [4.78, 5) is 24.5. The number of carbonyl (C=O) groups is 2. The van der Waals surface area contributed by atoms with E-state index < -0.39 is 6.09 Å². The van der Waals surface area contributed by atoms with Crippen molar-refractivity contribution >= 4 is 34.4 Å². The molecule has 0 aromatic carbocycles. The standard InChI is InChI=1S/C18H17N3O4S/c1-20-18(23)25-12-3-4-13-14(9-19)17(26-15(13)8-12)21-16(22)5-2-11-6-7-24-10-11/h2,5-7,10,12H,3-4,8H2,1H3,(H,20,23)(H,21,22). The van der Waals surface area contributed by atoms with Crippen LogP contribution in [-0.4, -0.2) is 25.2 Å². The van der Waals surface area contributed by atoms with Crippen molar-refractivity contribution in [3.63, 3.8) is 0 Å². The summed E-state index contributed by atoms with van der Waals surface area (Å²) in [7, 11) is 1.51. The number of anilines is 1. The monoisotopic (exact) mass is 371 g/mol. The van der Waals surface area contributed by atoms with E-state index in [9.17, 15) is 14.9 Å². The molecule has 0 radical (unpaired) electrons. The minimum absolute atomic E-state index is 0.225. The topological polar surface area (TPSA) is 104 Å². The molecular formula is C18H17N3O4S. The Balaban J connectivity index is 1.72. The van der Waals surface area contributed by atoms with Gasteiger partial charge in [-0.25, -0.2) is 4.79 Å². The van der Waals surface area contributed by atoms with Gasteiger partial charge in [0.05, 0.1) is 18.1 Å². The molecule has 0 aliphatic heterocycles. The molecule has 0 spiro atoms. The molecule has 2 heterocycles. The van der Waals surface area contributed by atoms with E-state index in [1.54, 1.807) is 12.1 Å². The van der Waals surface area contributed by atoms with Gasteiger partial charge in [-0.2, -0.15) is 5.26 Å². The van der Waals surface area contributed by atoms with Gasteiger partial charge in [0.15, 0.2) is 0 Å². The molecule has 2 amide bonds. The fourth-order valence-electron chi connectivity index (χ4n) is 2.77. The predicted octanol–water partition coefficient (Wildman–Crippen LogP) is 3.08. The van der Waals surface area contributed by atoms with E-state index in [0.29, 0.717) is 29.8 Å². The summed E-state index contributed by atoms with van der Waals surface area (Å²) in [5.74, 6) is -0.320. The Morgan fingerprint density at radius 2 is 2.35 bits per heavy atom. The molecule has 1 aliphatic rings. The number of amides is 2. The normalized spacial score (nSPS) is 15.9. The molecular weight excluding hydrogens is 354 g/mol. The fourth-order valence-corrected chi connectivity index (χ4v) is 4.03. The molecule has 0 saturated carbocycles. The zero-order valence-electron chi connectivity index (χ0n) is 14.1. The van der Waals surface area contributed by atoms with Crippen LogP contribution >= 0.6 is 11.3 Å². The zero-order valence-corrected chi connectivity index (χ0v) is 14.9.